The van der Waals surface area contributed by atoms with Gasteiger partial charge in [0, 0.05) is 44.5 Å². The molecule has 2 aromatic carbocycles. The molecular weight excluding hydrogens is 425 g/mol. The van der Waals surface area contributed by atoms with Crippen molar-refractivity contribution in [1.29, 1.82) is 0 Å². The van der Waals surface area contributed by atoms with Crippen molar-refractivity contribution in [3.8, 4) is 5.75 Å². The van der Waals surface area contributed by atoms with Gasteiger partial charge in [-0.2, -0.15) is 0 Å². The van der Waals surface area contributed by atoms with Crippen LogP contribution in [0.1, 0.15) is 34.6 Å². The van der Waals surface area contributed by atoms with Crippen LogP contribution in [-0.4, -0.2) is 74.7 Å². The number of ether oxygens (including phenoxy) is 2. The van der Waals surface area contributed by atoms with Crippen molar-refractivity contribution >= 4 is 17.5 Å². The first-order chi connectivity index (χ1) is 15.7. The molecule has 2 aromatic rings. The third kappa shape index (κ3) is 6.09. The summed E-state index contributed by atoms with van der Waals surface area (Å²) in [6.07, 6.45) is -0.126. The molecule has 1 aliphatic heterocycles. The van der Waals surface area contributed by atoms with Crippen LogP contribution in [0.3, 0.4) is 0 Å². The zero-order valence-corrected chi connectivity index (χ0v) is 19.8. The predicted octanol–water partition coefficient (Wildman–Crippen LogP) is 3.51. The van der Waals surface area contributed by atoms with Gasteiger partial charge in [-0.15, -0.1) is 0 Å². The van der Waals surface area contributed by atoms with Crippen molar-refractivity contribution in [2.45, 2.75) is 26.0 Å². The Hall–Kier alpha value is -2.97. The Morgan fingerprint density at radius 1 is 1.12 bits per heavy atom. The first-order valence-electron chi connectivity index (χ1n) is 11.0. The van der Waals surface area contributed by atoms with Crippen molar-refractivity contribution in [2.75, 3.05) is 46.2 Å². The van der Waals surface area contributed by atoms with Crippen LogP contribution < -0.4 is 10.1 Å². The number of carbonyl (C=O) groups excluding carboxylic acids is 2. The monoisotopic (exact) mass is 457 g/mol. The van der Waals surface area contributed by atoms with E-state index < -0.39 is 11.7 Å². The van der Waals surface area contributed by atoms with Gasteiger partial charge in [-0.25, -0.2) is 4.39 Å². The van der Waals surface area contributed by atoms with Crippen LogP contribution in [0.2, 0.25) is 0 Å². The Balaban J connectivity index is 1.90. The smallest absolute Gasteiger partial charge is 0.257 e. The SMILES string of the molecule is CO[C@@H]1CN(C)C(=O)c2cc(NC(=O)c3ccc(F)cc3)ccc2OC[C@H](C)N(C)C[C@@H]1C. The second kappa shape index (κ2) is 10.8. The van der Waals surface area contributed by atoms with Gasteiger partial charge in [0.2, 0.25) is 0 Å². The molecule has 1 aliphatic rings. The highest BCUT2D eigenvalue weighted by Crippen LogP contribution is 2.26. The first-order valence-corrected chi connectivity index (χ1v) is 11.0. The molecule has 0 aliphatic carbocycles. The molecule has 1 N–H and O–H groups in total. The van der Waals surface area contributed by atoms with Crippen molar-refractivity contribution in [3.05, 3.63) is 59.4 Å². The quantitative estimate of drug-likeness (QED) is 0.764. The molecule has 2 amide bonds. The molecule has 0 unspecified atom stereocenters. The van der Waals surface area contributed by atoms with Crippen LogP contribution in [0.5, 0.6) is 5.75 Å². The maximum Gasteiger partial charge on any atom is 0.257 e. The molecule has 1 heterocycles. The summed E-state index contributed by atoms with van der Waals surface area (Å²) in [5.41, 5.74) is 1.12. The summed E-state index contributed by atoms with van der Waals surface area (Å²) in [5, 5.41) is 2.77. The Labute approximate surface area is 194 Å². The lowest BCUT2D eigenvalue weighted by Gasteiger charge is -2.34. The van der Waals surface area contributed by atoms with Gasteiger partial charge < -0.3 is 19.7 Å². The maximum absolute atomic E-state index is 13.3. The molecule has 0 fully saturated rings. The van der Waals surface area contributed by atoms with Crippen molar-refractivity contribution < 1.29 is 23.5 Å². The van der Waals surface area contributed by atoms with E-state index in [4.69, 9.17) is 9.47 Å². The zero-order valence-electron chi connectivity index (χ0n) is 19.8. The summed E-state index contributed by atoms with van der Waals surface area (Å²) >= 11 is 0. The molecular formula is C25H32FN3O4. The minimum absolute atomic E-state index is 0.126. The molecule has 0 aromatic heterocycles. The van der Waals surface area contributed by atoms with E-state index >= 15 is 0 Å². The van der Waals surface area contributed by atoms with E-state index in [-0.39, 0.29) is 24.0 Å². The number of methoxy groups -OCH3 is 1. The van der Waals surface area contributed by atoms with Gasteiger partial charge in [0.1, 0.15) is 18.2 Å². The fourth-order valence-electron chi connectivity index (χ4n) is 3.84. The molecule has 33 heavy (non-hydrogen) atoms. The second-order valence-electron chi connectivity index (χ2n) is 8.71. The standard InChI is InChI=1S/C25H32FN3O4/c1-16-13-28(3)17(2)15-33-22-11-10-20(27-24(30)18-6-8-19(26)9-7-18)12-21(22)25(31)29(4)14-23(16)32-5/h6-12,16-17,23H,13-15H2,1-5H3,(H,27,30)/t16-,17-,23+/m0/s1. The summed E-state index contributed by atoms with van der Waals surface area (Å²) in [5.74, 6) is -0.375. The van der Waals surface area contributed by atoms with Crippen molar-refractivity contribution in [2.24, 2.45) is 5.92 Å². The number of amides is 2. The van der Waals surface area contributed by atoms with Gasteiger partial charge in [0.15, 0.2) is 0 Å². The molecule has 0 saturated heterocycles. The predicted molar refractivity (Wildman–Crippen MR) is 125 cm³/mol. The van der Waals surface area contributed by atoms with Crippen LogP contribution in [0.15, 0.2) is 42.5 Å². The zero-order chi connectivity index (χ0) is 24.1. The van der Waals surface area contributed by atoms with E-state index in [1.54, 1.807) is 37.3 Å². The summed E-state index contributed by atoms with van der Waals surface area (Å²) in [6.45, 7) is 5.83. The lowest BCUT2D eigenvalue weighted by atomic mass is 10.0. The molecule has 0 radical (unpaired) electrons. The minimum atomic E-state index is -0.416. The van der Waals surface area contributed by atoms with Gasteiger partial charge in [0.25, 0.3) is 11.8 Å². The molecule has 178 valence electrons. The number of halogens is 1. The Bertz CT molecular complexity index is 982. The summed E-state index contributed by atoms with van der Waals surface area (Å²) in [7, 11) is 5.44. The Kier molecular flexibility index (Phi) is 8.05. The number of rotatable bonds is 3. The van der Waals surface area contributed by atoms with E-state index in [0.29, 0.717) is 35.7 Å². The molecule has 0 bridgehead atoms. The van der Waals surface area contributed by atoms with Gasteiger partial charge in [-0.05, 0) is 62.4 Å². The second-order valence-corrected chi connectivity index (χ2v) is 8.71. The molecule has 0 saturated carbocycles. The Morgan fingerprint density at radius 2 is 1.82 bits per heavy atom. The highest BCUT2D eigenvalue weighted by Gasteiger charge is 2.27. The summed E-state index contributed by atoms with van der Waals surface area (Å²) < 4.78 is 24.9. The highest BCUT2D eigenvalue weighted by molar-refractivity contribution is 6.05. The lowest BCUT2D eigenvalue weighted by molar-refractivity contribution is 0.0150. The number of carbonyl (C=O) groups is 2. The maximum atomic E-state index is 13.3. The normalized spacial score (nSPS) is 22.5. The third-order valence-electron chi connectivity index (χ3n) is 6.12. The van der Waals surface area contributed by atoms with Gasteiger partial charge >= 0.3 is 0 Å². The van der Waals surface area contributed by atoms with E-state index in [1.165, 1.54) is 24.3 Å². The Morgan fingerprint density at radius 3 is 2.48 bits per heavy atom. The number of nitrogens with zero attached hydrogens (tertiary/aromatic N) is 2. The summed E-state index contributed by atoms with van der Waals surface area (Å²) in [6, 6.07) is 10.4. The van der Waals surface area contributed by atoms with Gasteiger partial charge in [0.05, 0.1) is 11.7 Å². The van der Waals surface area contributed by atoms with E-state index in [9.17, 15) is 14.0 Å². The average Bonchev–Trinajstić information content (AvgIpc) is 2.80. The van der Waals surface area contributed by atoms with Crippen molar-refractivity contribution in [3.63, 3.8) is 0 Å². The van der Waals surface area contributed by atoms with E-state index in [1.807, 2.05) is 7.05 Å². The minimum Gasteiger partial charge on any atom is -0.491 e. The van der Waals surface area contributed by atoms with Gasteiger partial charge in [-0.3, -0.25) is 14.5 Å². The third-order valence-corrected chi connectivity index (χ3v) is 6.12. The fraction of sp³-hybridized carbons (Fsp3) is 0.440. The topological polar surface area (TPSA) is 71.1 Å². The first kappa shape index (κ1) is 24.7. The van der Waals surface area contributed by atoms with E-state index in [2.05, 4.69) is 24.1 Å². The lowest BCUT2D eigenvalue weighted by Crippen LogP contribution is -2.45. The van der Waals surface area contributed by atoms with Crippen LogP contribution in [-0.2, 0) is 4.74 Å². The van der Waals surface area contributed by atoms with Crippen LogP contribution in [0.4, 0.5) is 10.1 Å². The van der Waals surface area contributed by atoms with Crippen LogP contribution in [0.25, 0.3) is 0 Å². The number of fused-ring (bicyclic) bond motifs is 1. The van der Waals surface area contributed by atoms with Crippen molar-refractivity contribution in [1.82, 2.24) is 9.80 Å². The number of anilines is 1. The summed E-state index contributed by atoms with van der Waals surface area (Å²) in [4.78, 5) is 29.7. The number of likely N-dealkylation sites (N-methyl/N-ethyl adjacent to an activating group) is 2. The largest absolute Gasteiger partial charge is 0.491 e. The molecule has 0 spiro atoms. The number of hydrogen-bond acceptors (Lipinski definition) is 5. The van der Waals surface area contributed by atoms with Crippen LogP contribution in [0, 0.1) is 11.7 Å². The molecule has 8 heteroatoms. The van der Waals surface area contributed by atoms with Gasteiger partial charge in [-0.1, -0.05) is 6.92 Å². The van der Waals surface area contributed by atoms with E-state index in [0.717, 1.165) is 6.54 Å². The molecule has 3 rings (SSSR count). The number of hydrogen-bond donors (Lipinski definition) is 1. The number of nitrogens with one attached hydrogen (secondary N) is 1. The average molecular weight is 458 g/mol. The fourth-order valence-corrected chi connectivity index (χ4v) is 3.84. The number of benzene rings is 2. The highest BCUT2D eigenvalue weighted by atomic mass is 19.1. The van der Waals surface area contributed by atoms with Crippen LogP contribution >= 0.6 is 0 Å². The molecule has 3 atom stereocenters. The molecule has 7 nitrogen and oxygen atoms in total.